The molecule has 0 saturated carbocycles. The van der Waals surface area contributed by atoms with Gasteiger partial charge in [-0.3, -0.25) is 4.79 Å². The van der Waals surface area contributed by atoms with E-state index in [2.05, 4.69) is 37.2 Å². The van der Waals surface area contributed by atoms with Crippen LogP contribution in [0.4, 0.5) is 5.69 Å². The number of benzene rings is 3. The highest BCUT2D eigenvalue weighted by molar-refractivity contribution is 9.11. The van der Waals surface area contributed by atoms with E-state index >= 15 is 0 Å². The van der Waals surface area contributed by atoms with E-state index < -0.39 is 5.91 Å². The lowest BCUT2D eigenvalue weighted by molar-refractivity contribution is -0.112. The van der Waals surface area contributed by atoms with Gasteiger partial charge in [-0.2, -0.15) is 5.26 Å². The molecular weight excluding hydrogens is 567 g/mol. The minimum atomic E-state index is -0.578. The maximum atomic E-state index is 12.7. The number of amides is 1. The summed E-state index contributed by atoms with van der Waals surface area (Å²) < 4.78 is 7.45. The molecule has 0 aliphatic heterocycles. The van der Waals surface area contributed by atoms with Gasteiger partial charge in [0.05, 0.1) is 14.5 Å². The number of hydrogen-bond acceptors (Lipinski definition) is 3. The van der Waals surface area contributed by atoms with Crippen molar-refractivity contribution in [3.8, 4) is 11.8 Å². The van der Waals surface area contributed by atoms with E-state index in [-0.39, 0.29) is 5.57 Å². The standard InChI is InChI=1S/C23H14Br2Cl2N2O2/c24-17-9-15(22(19(25)10-17)31-13-14-4-2-1-3-5-14)8-16(12-28)23(30)29-18-6-7-20(26)21(27)11-18/h1-11H,13H2,(H,29,30)/b16-8+. The second kappa shape index (κ2) is 10.8. The highest BCUT2D eigenvalue weighted by Crippen LogP contribution is 2.35. The molecule has 3 aromatic rings. The Morgan fingerprint density at radius 1 is 1.06 bits per heavy atom. The molecule has 3 rings (SSSR count). The van der Waals surface area contributed by atoms with Gasteiger partial charge in [0.15, 0.2) is 0 Å². The molecule has 0 radical (unpaired) electrons. The number of hydrogen-bond donors (Lipinski definition) is 1. The Morgan fingerprint density at radius 3 is 2.48 bits per heavy atom. The number of halogens is 4. The van der Waals surface area contributed by atoms with Crippen LogP contribution in [-0.2, 0) is 11.4 Å². The molecule has 0 heterocycles. The maximum absolute atomic E-state index is 12.7. The summed E-state index contributed by atoms with van der Waals surface area (Å²) in [4.78, 5) is 12.7. The molecule has 0 saturated heterocycles. The molecule has 0 aliphatic rings. The maximum Gasteiger partial charge on any atom is 0.266 e. The van der Waals surface area contributed by atoms with E-state index in [9.17, 15) is 10.1 Å². The van der Waals surface area contributed by atoms with Gasteiger partial charge in [-0.05, 0) is 57.9 Å². The Bertz CT molecular complexity index is 1190. The molecule has 1 N–H and O–H groups in total. The number of carbonyl (C=O) groups excluding carboxylic acids is 1. The van der Waals surface area contributed by atoms with Gasteiger partial charge in [-0.15, -0.1) is 0 Å². The molecule has 0 aromatic heterocycles. The summed E-state index contributed by atoms with van der Waals surface area (Å²) in [6, 6.07) is 19.9. The first-order valence-electron chi connectivity index (χ1n) is 8.91. The quantitative estimate of drug-likeness (QED) is 0.241. The molecule has 0 unspecified atom stereocenters. The fourth-order valence-corrected chi connectivity index (χ4v) is 4.32. The number of rotatable bonds is 6. The van der Waals surface area contributed by atoms with Crippen LogP contribution < -0.4 is 10.1 Å². The fraction of sp³-hybridized carbons (Fsp3) is 0.0435. The van der Waals surface area contributed by atoms with Crippen LogP contribution in [0.15, 0.2) is 75.2 Å². The lowest BCUT2D eigenvalue weighted by atomic mass is 10.1. The van der Waals surface area contributed by atoms with Gasteiger partial charge < -0.3 is 10.1 Å². The average Bonchev–Trinajstić information content (AvgIpc) is 2.74. The van der Waals surface area contributed by atoms with Crippen molar-refractivity contribution in [1.82, 2.24) is 0 Å². The van der Waals surface area contributed by atoms with Crippen molar-refractivity contribution < 1.29 is 9.53 Å². The highest BCUT2D eigenvalue weighted by atomic mass is 79.9. The molecule has 1 amide bonds. The summed E-state index contributed by atoms with van der Waals surface area (Å²) in [5.74, 6) is -0.0619. The first-order valence-corrected chi connectivity index (χ1v) is 11.3. The second-order valence-electron chi connectivity index (χ2n) is 6.33. The molecule has 4 nitrogen and oxygen atoms in total. The van der Waals surface area contributed by atoms with E-state index in [4.69, 9.17) is 27.9 Å². The SMILES string of the molecule is N#C/C(=C\c1cc(Br)cc(Br)c1OCc1ccccc1)C(=O)Nc1ccc(Cl)c(Cl)c1. The number of carbonyl (C=O) groups is 1. The normalized spacial score (nSPS) is 11.0. The molecule has 0 fully saturated rings. The summed E-state index contributed by atoms with van der Waals surface area (Å²) in [5, 5.41) is 12.9. The molecule has 3 aromatic carbocycles. The predicted octanol–water partition coefficient (Wildman–Crippen LogP) is 7.64. The molecule has 156 valence electrons. The van der Waals surface area contributed by atoms with E-state index in [1.165, 1.54) is 12.1 Å². The zero-order valence-corrected chi connectivity index (χ0v) is 20.5. The topological polar surface area (TPSA) is 62.1 Å². The van der Waals surface area contributed by atoms with Crippen LogP contribution in [0.1, 0.15) is 11.1 Å². The fourth-order valence-electron chi connectivity index (χ4n) is 2.65. The first-order chi connectivity index (χ1) is 14.9. The molecule has 0 bridgehead atoms. The Kier molecular flexibility index (Phi) is 8.16. The Hall–Kier alpha value is -2.30. The lowest BCUT2D eigenvalue weighted by Gasteiger charge is -2.13. The van der Waals surface area contributed by atoms with Gasteiger partial charge in [0, 0.05) is 15.7 Å². The van der Waals surface area contributed by atoms with Crippen LogP contribution in [0.5, 0.6) is 5.75 Å². The molecule has 31 heavy (non-hydrogen) atoms. The zero-order valence-electron chi connectivity index (χ0n) is 15.8. The minimum Gasteiger partial charge on any atom is -0.487 e. The molecule has 0 atom stereocenters. The summed E-state index contributed by atoms with van der Waals surface area (Å²) >= 11 is 18.8. The second-order valence-corrected chi connectivity index (χ2v) is 8.92. The molecule has 8 heteroatoms. The Morgan fingerprint density at radius 2 is 1.81 bits per heavy atom. The minimum absolute atomic E-state index is 0.0966. The van der Waals surface area contributed by atoms with Gasteiger partial charge >= 0.3 is 0 Å². The highest BCUT2D eigenvalue weighted by Gasteiger charge is 2.15. The van der Waals surface area contributed by atoms with Crippen molar-refractivity contribution in [2.24, 2.45) is 0 Å². The van der Waals surface area contributed by atoms with Crippen LogP contribution in [0, 0.1) is 11.3 Å². The van der Waals surface area contributed by atoms with Gasteiger partial charge in [-0.25, -0.2) is 0 Å². The third-order valence-corrected chi connectivity index (χ3v) is 5.89. The average molecular weight is 581 g/mol. The van der Waals surface area contributed by atoms with Crippen LogP contribution in [-0.4, -0.2) is 5.91 Å². The van der Waals surface area contributed by atoms with Gasteiger partial charge in [0.2, 0.25) is 0 Å². The number of nitrogens with zero attached hydrogens (tertiary/aromatic N) is 1. The molecule has 0 spiro atoms. The van der Waals surface area contributed by atoms with Crippen molar-refractivity contribution >= 4 is 72.7 Å². The van der Waals surface area contributed by atoms with E-state index in [0.717, 1.165) is 10.0 Å². The van der Waals surface area contributed by atoms with E-state index in [0.29, 0.717) is 38.1 Å². The number of anilines is 1. The van der Waals surface area contributed by atoms with Crippen molar-refractivity contribution in [2.75, 3.05) is 5.32 Å². The Labute approximate surface area is 206 Å². The van der Waals surface area contributed by atoms with Crippen LogP contribution in [0.2, 0.25) is 10.0 Å². The molecule has 0 aliphatic carbocycles. The summed E-state index contributed by atoms with van der Waals surface area (Å²) in [5.41, 5.74) is 1.89. The van der Waals surface area contributed by atoms with Crippen molar-refractivity contribution in [2.45, 2.75) is 6.61 Å². The van der Waals surface area contributed by atoms with Crippen molar-refractivity contribution in [3.63, 3.8) is 0 Å². The summed E-state index contributed by atoms with van der Waals surface area (Å²) in [6.45, 7) is 0.333. The summed E-state index contributed by atoms with van der Waals surface area (Å²) in [6.07, 6.45) is 1.47. The monoisotopic (exact) mass is 578 g/mol. The van der Waals surface area contributed by atoms with Gasteiger partial charge in [0.25, 0.3) is 5.91 Å². The largest absolute Gasteiger partial charge is 0.487 e. The lowest BCUT2D eigenvalue weighted by Crippen LogP contribution is -2.13. The van der Waals surface area contributed by atoms with E-state index in [1.807, 2.05) is 42.5 Å². The van der Waals surface area contributed by atoms with Crippen molar-refractivity contribution in [1.29, 1.82) is 5.26 Å². The van der Waals surface area contributed by atoms with Gasteiger partial charge in [0.1, 0.15) is 24.0 Å². The number of nitriles is 1. The smallest absolute Gasteiger partial charge is 0.266 e. The number of nitrogens with one attached hydrogen (secondary N) is 1. The van der Waals surface area contributed by atoms with Crippen LogP contribution in [0.25, 0.3) is 6.08 Å². The summed E-state index contributed by atoms with van der Waals surface area (Å²) in [7, 11) is 0. The third kappa shape index (κ3) is 6.34. The zero-order chi connectivity index (χ0) is 22.4. The predicted molar refractivity (Wildman–Crippen MR) is 131 cm³/mol. The third-order valence-electron chi connectivity index (χ3n) is 4.11. The van der Waals surface area contributed by atoms with Crippen LogP contribution >= 0.6 is 55.1 Å². The van der Waals surface area contributed by atoms with Crippen LogP contribution in [0.3, 0.4) is 0 Å². The Balaban J connectivity index is 1.89. The van der Waals surface area contributed by atoms with E-state index in [1.54, 1.807) is 18.2 Å². The van der Waals surface area contributed by atoms with Crippen molar-refractivity contribution in [3.05, 3.63) is 96.4 Å². The first kappa shape index (κ1) is 23.4. The number of ether oxygens (including phenoxy) is 1. The molecular formula is C23H14Br2Cl2N2O2. The van der Waals surface area contributed by atoms with Gasteiger partial charge in [-0.1, -0.05) is 69.5 Å².